The van der Waals surface area contributed by atoms with Crippen LogP contribution < -0.4 is 5.01 Å². The van der Waals surface area contributed by atoms with Crippen LogP contribution in [0.5, 0.6) is 0 Å². The molecule has 1 heterocycles. The lowest BCUT2D eigenvalue weighted by molar-refractivity contribution is 0.277. The first-order valence-corrected chi connectivity index (χ1v) is 8.49. The van der Waals surface area contributed by atoms with E-state index < -0.39 is 0 Å². The summed E-state index contributed by atoms with van der Waals surface area (Å²) >= 11 is 9.46. The number of anilines is 1. The van der Waals surface area contributed by atoms with E-state index in [1.165, 1.54) is 5.56 Å². The van der Waals surface area contributed by atoms with Crippen molar-refractivity contribution < 1.29 is 5.11 Å². The molecule has 23 heavy (non-hydrogen) atoms. The summed E-state index contributed by atoms with van der Waals surface area (Å²) in [5.41, 5.74) is 2.99. The highest BCUT2D eigenvalue weighted by atomic mass is 79.9. The molecular formula is C17H17BrClN3O. The molecule has 0 amide bonds. The maximum atomic E-state index is 9.53. The summed E-state index contributed by atoms with van der Waals surface area (Å²) in [5.74, 6) is 0. The fourth-order valence-corrected chi connectivity index (χ4v) is 3.27. The van der Waals surface area contributed by atoms with Crippen molar-refractivity contribution in [1.82, 2.24) is 4.90 Å². The van der Waals surface area contributed by atoms with Gasteiger partial charge in [-0.1, -0.05) is 41.9 Å². The third kappa shape index (κ3) is 4.12. The number of aliphatic hydroxyl groups excluding tert-OH is 1. The molecular weight excluding hydrogens is 378 g/mol. The number of aliphatic hydroxyl groups is 1. The first kappa shape index (κ1) is 16.5. The minimum atomic E-state index is -0.00298. The zero-order valence-corrected chi connectivity index (χ0v) is 14.8. The van der Waals surface area contributed by atoms with Crippen molar-refractivity contribution in [1.29, 1.82) is 0 Å². The van der Waals surface area contributed by atoms with E-state index in [9.17, 15) is 5.11 Å². The number of nitrogens with zero attached hydrogens (tertiary/aromatic N) is 3. The molecule has 0 bridgehead atoms. The quantitative estimate of drug-likeness (QED) is 0.857. The van der Waals surface area contributed by atoms with Crippen LogP contribution in [0, 0.1) is 0 Å². The molecule has 4 nitrogen and oxygen atoms in total. The van der Waals surface area contributed by atoms with Crippen molar-refractivity contribution in [3.8, 4) is 0 Å². The molecule has 3 rings (SSSR count). The molecule has 2 aromatic rings. The van der Waals surface area contributed by atoms with Crippen molar-refractivity contribution in [2.45, 2.75) is 13.2 Å². The Balaban J connectivity index is 1.78. The van der Waals surface area contributed by atoms with E-state index in [0.717, 1.165) is 34.0 Å². The number of hydrogen-bond acceptors (Lipinski definition) is 4. The highest BCUT2D eigenvalue weighted by molar-refractivity contribution is 9.18. The van der Waals surface area contributed by atoms with Crippen LogP contribution in [0.2, 0.25) is 5.02 Å². The lowest BCUT2D eigenvalue weighted by Gasteiger charge is -2.33. The number of para-hydroxylation sites is 1. The Kier molecular flexibility index (Phi) is 5.33. The Bertz CT molecular complexity index is 705. The molecule has 0 saturated heterocycles. The topological polar surface area (TPSA) is 39.1 Å². The van der Waals surface area contributed by atoms with Gasteiger partial charge in [0.05, 0.1) is 25.5 Å². The Labute approximate surface area is 149 Å². The molecule has 0 fully saturated rings. The first-order valence-electron chi connectivity index (χ1n) is 7.32. The second-order valence-corrected chi connectivity index (χ2v) is 6.77. The number of benzene rings is 2. The predicted molar refractivity (Wildman–Crippen MR) is 97.9 cm³/mol. The van der Waals surface area contributed by atoms with Gasteiger partial charge < -0.3 is 5.11 Å². The first-order chi connectivity index (χ1) is 11.2. The smallest absolute Gasteiger partial charge is 0.118 e. The summed E-state index contributed by atoms with van der Waals surface area (Å²) in [4.78, 5) is 2.27. The second kappa shape index (κ2) is 7.45. The molecule has 0 radical (unpaired) electrons. The minimum absolute atomic E-state index is 0.00298. The SMILES string of the molecule is OCc1ccccc1N1CN(Cc2ccc(Cl)cc2)CC(Br)=N1. The van der Waals surface area contributed by atoms with Crippen LogP contribution in [0.1, 0.15) is 11.1 Å². The monoisotopic (exact) mass is 393 g/mol. The summed E-state index contributed by atoms with van der Waals surface area (Å²) in [7, 11) is 0. The Hall–Kier alpha value is -1.40. The Morgan fingerprint density at radius 3 is 2.61 bits per heavy atom. The Morgan fingerprint density at radius 1 is 1.13 bits per heavy atom. The molecule has 1 N–H and O–H groups in total. The van der Waals surface area contributed by atoms with Crippen molar-refractivity contribution in [2.75, 3.05) is 18.2 Å². The van der Waals surface area contributed by atoms with Crippen molar-refractivity contribution in [3.05, 3.63) is 64.7 Å². The molecule has 1 aliphatic heterocycles. The van der Waals surface area contributed by atoms with E-state index in [2.05, 4.69) is 25.9 Å². The normalized spacial score (nSPS) is 15.6. The van der Waals surface area contributed by atoms with Crippen LogP contribution in [0.25, 0.3) is 0 Å². The molecule has 6 heteroatoms. The highest BCUT2D eigenvalue weighted by Crippen LogP contribution is 2.24. The third-order valence-corrected chi connectivity index (χ3v) is 4.34. The van der Waals surface area contributed by atoms with E-state index in [0.29, 0.717) is 6.67 Å². The summed E-state index contributed by atoms with van der Waals surface area (Å²) < 4.78 is 0.866. The summed E-state index contributed by atoms with van der Waals surface area (Å²) in [6, 6.07) is 15.6. The van der Waals surface area contributed by atoms with Crippen molar-refractivity contribution in [3.63, 3.8) is 0 Å². The maximum Gasteiger partial charge on any atom is 0.118 e. The molecule has 0 spiro atoms. The van der Waals surface area contributed by atoms with Gasteiger partial charge >= 0.3 is 0 Å². The number of hydrazone groups is 1. The van der Waals surface area contributed by atoms with Gasteiger partial charge in [0.15, 0.2) is 0 Å². The number of hydrogen-bond donors (Lipinski definition) is 1. The van der Waals surface area contributed by atoms with Crippen molar-refractivity contribution >= 4 is 37.8 Å². The lowest BCUT2D eigenvalue weighted by Crippen LogP contribution is -2.42. The lowest BCUT2D eigenvalue weighted by atomic mass is 10.2. The van der Waals surface area contributed by atoms with Crippen LogP contribution in [-0.4, -0.2) is 27.8 Å². The van der Waals surface area contributed by atoms with E-state index in [1.807, 2.05) is 53.5 Å². The number of halogens is 2. The maximum absolute atomic E-state index is 9.53. The molecule has 0 unspecified atom stereocenters. The number of rotatable bonds is 4. The average molecular weight is 395 g/mol. The van der Waals surface area contributed by atoms with Crippen molar-refractivity contribution in [2.24, 2.45) is 5.10 Å². The van der Waals surface area contributed by atoms with Gasteiger partial charge in [0.1, 0.15) is 4.62 Å². The molecule has 0 saturated carbocycles. The molecule has 0 atom stereocenters. The van der Waals surface area contributed by atoms with Gasteiger partial charge in [0.25, 0.3) is 0 Å². The predicted octanol–water partition coefficient (Wildman–Crippen LogP) is 3.82. The van der Waals surface area contributed by atoms with Gasteiger partial charge in [-0.3, -0.25) is 4.90 Å². The average Bonchev–Trinajstić information content (AvgIpc) is 2.56. The van der Waals surface area contributed by atoms with E-state index in [1.54, 1.807) is 0 Å². The van der Waals surface area contributed by atoms with Gasteiger partial charge in [0, 0.05) is 17.1 Å². The third-order valence-electron chi connectivity index (χ3n) is 3.68. The van der Waals surface area contributed by atoms with Crippen LogP contribution in [-0.2, 0) is 13.2 Å². The van der Waals surface area contributed by atoms with Gasteiger partial charge in [-0.05, 0) is 39.7 Å². The fraction of sp³-hybridized carbons (Fsp3) is 0.235. The summed E-state index contributed by atoms with van der Waals surface area (Å²) in [5, 5.41) is 16.7. The highest BCUT2D eigenvalue weighted by Gasteiger charge is 2.21. The van der Waals surface area contributed by atoms with Crippen LogP contribution in [0.15, 0.2) is 53.6 Å². The second-order valence-electron chi connectivity index (χ2n) is 5.42. The molecule has 0 aliphatic carbocycles. The standard InChI is InChI=1S/C17H17BrClN3O/c18-17-10-21(9-13-5-7-15(19)8-6-13)12-22(20-17)16-4-2-1-3-14(16)11-23/h1-8,23H,9-12H2. The van der Waals surface area contributed by atoms with E-state index in [4.69, 9.17) is 11.6 Å². The van der Waals surface area contributed by atoms with Crippen LogP contribution in [0.3, 0.4) is 0 Å². The zero-order chi connectivity index (χ0) is 16.2. The van der Waals surface area contributed by atoms with Gasteiger partial charge in [-0.2, -0.15) is 5.10 Å². The molecule has 0 aromatic heterocycles. The van der Waals surface area contributed by atoms with Crippen LogP contribution in [0.4, 0.5) is 5.69 Å². The summed E-state index contributed by atoms with van der Waals surface area (Å²) in [6.07, 6.45) is 0. The minimum Gasteiger partial charge on any atom is -0.392 e. The van der Waals surface area contributed by atoms with E-state index >= 15 is 0 Å². The Morgan fingerprint density at radius 2 is 1.87 bits per heavy atom. The zero-order valence-electron chi connectivity index (χ0n) is 12.5. The molecule has 120 valence electrons. The summed E-state index contributed by atoms with van der Waals surface area (Å²) in [6.45, 7) is 2.21. The van der Waals surface area contributed by atoms with Gasteiger partial charge in [-0.15, -0.1) is 0 Å². The fourth-order valence-electron chi connectivity index (χ4n) is 2.60. The van der Waals surface area contributed by atoms with Gasteiger partial charge in [-0.25, -0.2) is 5.01 Å². The largest absolute Gasteiger partial charge is 0.392 e. The van der Waals surface area contributed by atoms with E-state index in [-0.39, 0.29) is 6.61 Å². The van der Waals surface area contributed by atoms with Gasteiger partial charge in [0.2, 0.25) is 0 Å². The molecule has 2 aromatic carbocycles. The molecule has 1 aliphatic rings. The van der Waals surface area contributed by atoms with Crippen LogP contribution >= 0.6 is 27.5 Å².